The Bertz CT molecular complexity index is 1210. The lowest BCUT2D eigenvalue weighted by Gasteiger charge is -2.21. The first-order valence-corrected chi connectivity index (χ1v) is 11.7. The second-order valence-electron chi connectivity index (χ2n) is 8.03. The van der Waals surface area contributed by atoms with Gasteiger partial charge in [-0.3, -0.25) is 9.59 Å². The average Bonchev–Trinajstić information content (AvgIpc) is 3.15. The van der Waals surface area contributed by atoms with Gasteiger partial charge in [0.2, 0.25) is 0 Å². The normalized spacial score (nSPS) is 12.4. The van der Waals surface area contributed by atoms with Crippen LogP contribution < -0.4 is 10.5 Å². The lowest BCUT2D eigenvalue weighted by molar-refractivity contribution is -0.142. The molecule has 3 aromatic rings. The molecule has 1 aliphatic rings. The van der Waals surface area contributed by atoms with Crippen LogP contribution in [0.25, 0.3) is 10.9 Å². The highest BCUT2D eigenvalue weighted by Gasteiger charge is 2.30. The molecular weight excluding hydrogens is 432 g/mol. The number of aromatic nitrogens is 1. The minimum absolute atomic E-state index is 0.233. The van der Waals surface area contributed by atoms with E-state index in [1.807, 2.05) is 57.2 Å². The predicted molar refractivity (Wildman–Crippen MR) is 131 cm³/mol. The number of primary amides is 1. The van der Waals surface area contributed by atoms with E-state index in [-0.39, 0.29) is 12.2 Å². The van der Waals surface area contributed by atoms with Crippen LogP contribution >= 0.6 is 0 Å². The van der Waals surface area contributed by atoms with Crippen molar-refractivity contribution >= 4 is 28.6 Å². The summed E-state index contributed by atoms with van der Waals surface area (Å²) in [6.07, 6.45) is 3.85. The molecule has 1 heterocycles. The smallest absolute Gasteiger partial charge is 0.343 e. The fourth-order valence-electron chi connectivity index (χ4n) is 4.55. The molecule has 0 aliphatic heterocycles. The molecule has 0 radical (unpaired) electrons. The number of ether oxygens (including phenoxy) is 2. The summed E-state index contributed by atoms with van der Waals surface area (Å²) in [6.45, 7) is 6.05. The van der Waals surface area contributed by atoms with Gasteiger partial charge >= 0.3 is 5.97 Å². The molecular formula is C27H32N2O5. The highest BCUT2D eigenvalue weighted by atomic mass is 16.6. The van der Waals surface area contributed by atoms with E-state index >= 15 is 0 Å². The van der Waals surface area contributed by atoms with Crippen molar-refractivity contribution in [3.05, 3.63) is 64.3 Å². The van der Waals surface area contributed by atoms with Gasteiger partial charge in [-0.1, -0.05) is 44.2 Å². The average molecular weight is 465 g/mol. The first-order chi connectivity index (χ1) is 16.4. The van der Waals surface area contributed by atoms with Crippen molar-refractivity contribution in [2.75, 3.05) is 13.7 Å². The van der Waals surface area contributed by atoms with Crippen LogP contribution in [-0.4, -0.2) is 35.9 Å². The Morgan fingerprint density at radius 2 is 1.74 bits per heavy atom. The number of hydrogen-bond donors (Lipinski definition) is 1. The summed E-state index contributed by atoms with van der Waals surface area (Å²) in [5, 5.41) is 0.534. The second-order valence-corrected chi connectivity index (χ2v) is 8.03. The van der Waals surface area contributed by atoms with Gasteiger partial charge in [-0.15, -0.1) is 0 Å². The number of carbonyl (C=O) groups is 3. The summed E-state index contributed by atoms with van der Waals surface area (Å²) in [7, 11) is 1.29. The number of hydrogen-bond acceptors (Lipinski definition) is 5. The van der Waals surface area contributed by atoms with Crippen molar-refractivity contribution in [3.63, 3.8) is 0 Å². The molecule has 0 saturated carbocycles. The van der Waals surface area contributed by atoms with E-state index in [1.54, 1.807) is 0 Å². The standard InChI is InChI=1S/C25H26N2O5.C2H6/c1-15-21(24(29)25(26)30)22-19(32-14-20(28)31-2)12-17-10-6-7-11-18(17)23(22)27(15)13-16-8-4-3-5-9-16;1-2/h3-5,8-9,12H,6-7,10-11,13-14H2,1-2H3,(H2,26,30);1-2H3. The highest BCUT2D eigenvalue weighted by Crippen LogP contribution is 2.41. The number of nitrogens with two attached hydrogens (primary N) is 1. The molecule has 2 N–H and O–H groups in total. The van der Waals surface area contributed by atoms with Crippen molar-refractivity contribution in [1.29, 1.82) is 0 Å². The van der Waals surface area contributed by atoms with Crippen molar-refractivity contribution in [3.8, 4) is 5.75 Å². The van der Waals surface area contributed by atoms with Crippen molar-refractivity contribution in [2.24, 2.45) is 5.73 Å². The molecule has 0 bridgehead atoms. The Balaban J connectivity index is 0.00000158. The molecule has 1 amide bonds. The van der Waals surface area contributed by atoms with E-state index < -0.39 is 17.7 Å². The molecule has 0 atom stereocenters. The van der Waals surface area contributed by atoms with Crippen LogP contribution in [0.5, 0.6) is 5.75 Å². The Hall–Kier alpha value is -3.61. The van der Waals surface area contributed by atoms with Gasteiger partial charge in [0, 0.05) is 12.2 Å². The molecule has 34 heavy (non-hydrogen) atoms. The van der Waals surface area contributed by atoms with Crippen LogP contribution in [0, 0.1) is 6.92 Å². The maximum atomic E-state index is 12.9. The summed E-state index contributed by atoms with van der Waals surface area (Å²) in [4.78, 5) is 36.6. The van der Waals surface area contributed by atoms with Crippen molar-refractivity contribution in [2.45, 2.75) is 53.0 Å². The quantitative estimate of drug-likeness (QED) is 0.322. The Morgan fingerprint density at radius 1 is 1.06 bits per heavy atom. The Labute approximate surface area is 199 Å². The van der Waals surface area contributed by atoms with Gasteiger partial charge in [-0.05, 0) is 55.4 Å². The number of carbonyl (C=O) groups excluding carboxylic acids is 3. The zero-order valence-electron chi connectivity index (χ0n) is 20.3. The number of nitrogens with zero attached hydrogens (tertiary/aromatic N) is 1. The lowest BCUT2D eigenvalue weighted by atomic mass is 9.88. The third kappa shape index (κ3) is 4.83. The molecule has 7 heteroatoms. The van der Waals surface area contributed by atoms with Gasteiger partial charge < -0.3 is 19.8 Å². The van der Waals surface area contributed by atoms with Gasteiger partial charge in [0.15, 0.2) is 6.61 Å². The van der Waals surface area contributed by atoms with Gasteiger partial charge in [-0.25, -0.2) is 4.79 Å². The number of esters is 1. The van der Waals surface area contributed by atoms with E-state index in [2.05, 4.69) is 4.57 Å². The molecule has 1 aliphatic carbocycles. The summed E-state index contributed by atoms with van der Waals surface area (Å²) >= 11 is 0. The van der Waals surface area contributed by atoms with E-state index in [1.165, 1.54) is 7.11 Å². The number of rotatable bonds is 7. The Kier molecular flexibility index (Phi) is 8.10. The van der Waals surface area contributed by atoms with Gasteiger partial charge in [0.1, 0.15) is 5.75 Å². The minimum atomic E-state index is -1.02. The third-order valence-corrected chi connectivity index (χ3v) is 6.08. The molecule has 4 rings (SSSR count). The van der Waals surface area contributed by atoms with E-state index in [4.69, 9.17) is 15.2 Å². The van der Waals surface area contributed by atoms with E-state index in [0.717, 1.165) is 47.9 Å². The van der Waals surface area contributed by atoms with E-state index in [9.17, 15) is 14.4 Å². The second kappa shape index (κ2) is 11.0. The molecule has 180 valence electrons. The minimum Gasteiger partial charge on any atom is -0.481 e. The summed E-state index contributed by atoms with van der Waals surface area (Å²) in [5.41, 5.74) is 10.5. The van der Waals surface area contributed by atoms with Crippen LogP contribution in [0.15, 0.2) is 36.4 Å². The fourth-order valence-corrected chi connectivity index (χ4v) is 4.55. The number of fused-ring (bicyclic) bond motifs is 3. The number of benzene rings is 2. The van der Waals surface area contributed by atoms with Crippen molar-refractivity contribution in [1.82, 2.24) is 4.57 Å². The number of methoxy groups -OCH3 is 1. The molecule has 2 aromatic carbocycles. The summed E-state index contributed by atoms with van der Waals surface area (Å²) < 4.78 is 12.6. The predicted octanol–water partition coefficient (Wildman–Crippen LogP) is 4.12. The number of ketones is 1. The molecule has 0 unspecified atom stereocenters. The van der Waals surface area contributed by atoms with Crippen LogP contribution in [-0.2, 0) is 33.7 Å². The SMILES string of the molecule is CC.COC(=O)COc1cc2c(c3c1c(C(=O)C(N)=O)c(C)n3Cc1ccccc1)CCCC2. The largest absolute Gasteiger partial charge is 0.481 e. The fraction of sp³-hybridized carbons (Fsp3) is 0.370. The van der Waals surface area contributed by atoms with Crippen LogP contribution in [0.4, 0.5) is 0 Å². The number of aryl methyl sites for hydroxylation is 2. The first kappa shape index (κ1) is 25.0. The molecule has 0 fully saturated rings. The van der Waals surface area contributed by atoms with Gasteiger partial charge in [0.25, 0.3) is 11.7 Å². The third-order valence-electron chi connectivity index (χ3n) is 6.08. The lowest BCUT2D eigenvalue weighted by Crippen LogP contribution is -2.24. The maximum Gasteiger partial charge on any atom is 0.343 e. The molecule has 0 spiro atoms. The zero-order chi connectivity index (χ0) is 24.8. The molecule has 7 nitrogen and oxygen atoms in total. The topological polar surface area (TPSA) is 101 Å². The number of Topliss-reactive ketones (excluding diaryl/α,β-unsaturated/α-hetero) is 1. The van der Waals surface area contributed by atoms with Crippen molar-refractivity contribution < 1.29 is 23.9 Å². The first-order valence-electron chi connectivity index (χ1n) is 11.7. The summed E-state index contributed by atoms with van der Waals surface area (Å²) in [6, 6.07) is 11.8. The van der Waals surface area contributed by atoms with E-state index in [0.29, 0.717) is 23.4 Å². The summed E-state index contributed by atoms with van der Waals surface area (Å²) in [5.74, 6) is -1.92. The van der Waals surface area contributed by atoms with Gasteiger partial charge in [-0.2, -0.15) is 0 Å². The maximum absolute atomic E-state index is 12.9. The molecule has 1 aromatic heterocycles. The monoisotopic (exact) mass is 464 g/mol. The highest BCUT2D eigenvalue weighted by molar-refractivity contribution is 6.45. The molecule has 0 saturated heterocycles. The Morgan fingerprint density at radius 3 is 2.38 bits per heavy atom. The van der Waals surface area contributed by atoms with Crippen LogP contribution in [0.1, 0.15) is 59.4 Å². The zero-order valence-corrected chi connectivity index (χ0v) is 20.3. The van der Waals surface area contributed by atoms with Crippen LogP contribution in [0.3, 0.4) is 0 Å². The van der Waals surface area contributed by atoms with Crippen LogP contribution in [0.2, 0.25) is 0 Å². The van der Waals surface area contributed by atoms with Gasteiger partial charge in [0.05, 0.1) is 23.6 Å². The number of amides is 1.